The van der Waals surface area contributed by atoms with Crippen LogP contribution < -0.4 is 10.6 Å². The lowest BCUT2D eigenvalue weighted by Crippen LogP contribution is -2.41. The number of rotatable bonds is 3. The van der Waals surface area contributed by atoms with E-state index in [0.29, 0.717) is 18.0 Å². The monoisotopic (exact) mass is 304 g/mol. The van der Waals surface area contributed by atoms with Gasteiger partial charge < -0.3 is 15.7 Å². The summed E-state index contributed by atoms with van der Waals surface area (Å²) in [6.45, 7) is 2.39. The summed E-state index contributed by atoms with van der Waals surface area (Å²) in [7, 11) is 0. The first-order valence-corrected chi connectivity index (χ1v) is 6.41. The summed E-state index contributed by atoms with van der Waals surface area (Å²) in [5, 5.41) is 15.9. The van der Waals surface area contributed by atoms with Gasteiger partial charge in [0.25, 0.3) is 0 Å². The van der Waals surface area contributed by atoms with E-state index < -0.39 is 6.10 Å². The quantitative estimate of drug-likeness (QED) is 0.796. The van der Waals surface area contributed by atoms with E-state index in [1.54, 1.807) is 6.07 Å². The van der Waals surface area contributed by atoms with Crippen LogP contribution in [0.15, 0.2) is 24.3 Å². The molecule has 1 aliphatic heterocycles. The Labute approximate surface area is 123 Å². The molecule has 0 bridgehead atoms. The number of hydrogen-bond acceptors (Lipinski definition) is 3. The van der Waals surface area contributed by atoms with Crippen LogP contribution in [0, 0.1) is 0 Å². The molecule has 3 N–H and O–H groups in total. The van der Waals surface area contributed by atoms with Crippen LogP contribution in [0.3, 0.4) is 0 Å². The highest BCUT2D eigenvalue weighted by Gasteiger charge is 2.28. The van der Waals surface area contributed by atoms with Crippen LogP contribution in [-0.2, 0) is 4.79 Å². The van der Waals surface area contributed by atoms with Crippen molar-refractivity contribution in [2.75, 3.05) is 6.54 Å². The van der Waals surface area contributed by atoms with Crippen LogP contribution in [0.25, 0.3) is 0 Å². The van der Waals surface area contributed by atoms with Crippen molar-refractivity contribution >= 4 is 29.9 Å². The van der Waals surface area contributed by atoms with Gasteiger partial charge in [0.2, 0.25) is 5.91 Å². The van der Waals surface area contributed by atoms with Crippen molar-refractivity contribution in [3.05, 3.63) is 34.9 Å². The highest BCUT2D eigenvalue weighted by atomic mass is 35.5. The molecule has 0 spiro atoms. The molecule has 0 aromatic heterocycles. The van der Waals surface area contributed by atoms with E-state index in [0.717, 1.165) is 5.56 Å². The van der Waals surface area contributed by atoms with Crippen molar-refractivity contribution < 1.29 is 9.90 Å². The normalized spacial score (nSPS) is 23.5. The van der Waals surface area contributed by atoms with Gasteiger partial charge in [0.1, 0.15) is 0 Å². The van der Waals surface area contributed by atoms with E-state index >= 15 is 0 Å². The average molecular weight is 305 g/mol. The molecule has 4 nitrogen and oxygen atoms in total. The first-order valence-electron chi connectivity index (χ1n) is 6.03. The van der Waals surface area contributed by atoms with E-state index in [-0.39, 0.29) is 30.4 Å². The minimum absolute atomic E-state index is 0. The molecule has 1 fully saturated rings. The molecule has 3 atom stereocenters. The second kappa shape index (κ2) is 7.10. The summed E-state index contributed by atoms with van der Waals surface area (Å²) >= 11 is 5.91. The predicted octanol–water partition coefficient (Wildman–Crippen LogP) is 1.66. The first-order chi connectivity index (χ1) is 8.56. The van der Waals surface area contributed by atoms with Crippen molar-refractivity contribution in [1.82, 2.24) is 10.6 Å². The number of hydrogen-bond donors (Lipinski definition) is 3. The van der Waals surface area contributed by atoms with Gasteiger partial charge in [-0.25, -0.2) is 0 Å². The zero-order valence-electron chi connectivity index (χ0n) is 10.6. The third kappa shape index (κ3) is 4.35. The lowest BCUT2D eigenvalue weighted by Gasteiger charge is -2.17. The van der Waals surface area contributed by atoms with Gasteiger partial charge in [0.05, 0.1) is 18.2 Å². The largest absolute Gasteiger partial charge is 0.392 e. The van der Waals surface area contributed by atoms with E-state index in [2.05, 4.69) is 10.6 Å². The zero-order valence-corrected chi connectivity index (χ0v) is 12.2. The lowest BCUT2D eigenvalue weighted by atomic mass is 10.1. The van der Waals surface area contributed by atoms with E-state index in [9.17, 15) is 9.90 Å². The fraction of sp³-hybridized carbons (Fsp3) is 0.462. The molecule has 19 heavy (non-hydrogen) atoms. The summed E-state index contributed by atoms with van der Waals surface area (Å²) in [6.07, 6.45) is 0.0379. The van der Waals surface area contributed by atoms with Crippen LogP contribution in [0.1, 0.15) is 24.9 Å². The zero-order chi connectivity index (χ0) is 13.1. The number of aliphatic hydroxyl groups is 1. The maximum Gasteiger partial charge on any atom is 0.237 e. The predicted molar refractivity (Wildman–Crippen MR) is 77.7 cm³/mol. The number of benzene rings is 1. The highest BCUT2D eigenvalue weighted by Crippen LogP contribution is 2.18. The number of nitrogens with one attached hydrogen (secondary N) is 2. The van der Waals surface area contributed by atoms with Gasteiger partial charge in [-0.15, -0.1) is 12.4 Å². The fourth-order valence-corrected chi connectivity index (χ4v) is 2.29. The van der Waals surface area contributed by atoms with Gasteiger partial charge in [-0.2, -0.15) is 0 Å². The van der Waals surface area contributed by atoms with E-state index in [1.807, 2.05) is 25.1 Å². The Hall–Kier alpha value is -0.810. The van der Waals surface area contributed by atoms with Gasteiger partial charge in [-0.3, -0.25) is 4.79 Å². The lowest BCUT2D eigenvalue weighted by molar-refractivity contribution is -0.123. The molecule has 0 aliphatic carbocycles. The third-order valence-corrected chi connectivity index (χ3v) is 3.37. The fourth-order valence-electron chi connectivity index (χ4n) is 2.09. The van der Waals surface area contributed by atoms with Crippen molar-refractivity contribution in [3.8, 4) is 0 Å². The Kier molecular flexibility index (Phi) is 6.07. The number of aliphatic hydroxyl groups excluding tert-OH is 1. The standard InChI is InChI=1S/C13H17ClN2O2.ClH/c1-8(9-3-2-4-10(14)5-9)16-13(18)12-6-11(17)7-15-12;/h2-5,8,11-12,15,17H,6-7H2,1H3,(H,16,18);1H. The van der Waals surface area contributed by atoms with Crippen molar-refractivity contribution in [3.63, 3.8) is 0 Å². The summed E-state index contributed by atoms with van der Waals surface area (Å²) in [4.78, 5) is 11.9. The number of carbonyl (C=O) groups excluding carboxylic acids is 1. The molecule has 106 valence electrons. The summed E-state index contributed by atoms with van der Waals surface area (Å²) in [5.41, 5.74) is 0.967. The number of amides is 1. The first kappa shape index (κ1) is 16.2. The molecule has 1 aliphatic rings. The van der Waals surface area contributed by atoms with Crippen LogP contribution in [-0.4, -0.2) is 29.7 Å². The third-order valence-electron chi connectivity index (χ3n) is 3.13. The summed E-state index contributed by atoms with van der Waals surface area (Å²) in [5.74, 6) is -0.0842. The molecular weight excluding hydrogens is 287 g/mol. The number of β-amino-alcohol motifs (C(OH)–C–C–N with tert-alkyl or cyclic N) is 1. The summed E-state index contributed by atoms with van der Waals surface area (Å²) in [6, 6.07) is 7.01. The molecule has 1 aromatic rings. The Bertz CT molecular complexity index is 442. The highest BCUT2D eigenvalue weighted by molar-refractivity contribution is 6.30. The van der Waals surface area contributed by atoms with Crippen molar-refractivity contribution in [2.24, 2.45) is 0 Å². The van der Waals surface area contributed by atoms with Crippen LogP contribution in [0.2, 0.25) is 5.02 Å². The van der Waals surface area contributed by atoms with E-state index in [4.69, 9.17) is 11.6 Å². The molecule has 3 unspecified atom stereocenters. The summed E-state index contributed by atoms with van der Waals surface area (Å²) < 4.78 is 0. The van der Waals surface area contributed by atoms with Crippen LogP contribution in [0.4, 0.5) is 0 Å². The van der Waals surface area contributed by atoms with Gasteiger partial charge in [-0.1, -0.05) is 23.7 Å². The maximum absolute atomic E-state index is 11.9. The maximum atomic E-state index is 11.9. The molecule has 0 radical (unpaired) electrons. The second-order valence-electron chi connectivity index (χ2n) is 4.64. The average Bonchev–Trinajstić information content (AvgIpc) is 2.76. The number of carbonyl (C=O) groups is 1. The molecule has 6 heteroatoms. The molecule has 1 saturated heterocycles. The van der Waals surface area contributed by atoms with Crippen molar-refractivity contribution in [1.29, 1.82) is 0 Å². The second-order valence-corrected chi connectivity index (χ2v) is 5.07. The molecule has 1 aromatic carbocycles. The topological polar surface area (TPSA) is 61.4 Å². The minimum Gasteiger partial charge on any atom is -0.392 e. The Morgan fingerprint density at radius 2 is 2.32 bits per heavy atom. The number of halogens is 2. The molecule has 0 saturated carbocycles. The smallest absolute Gasteiger partial charge is 0.237 e. The molecular formula is C13H18Cl2N2O2. The SMILES string of the molecule is CC(NC(=O)C1CC(O)CN1)c1cccc(Cl)c1.Cl. The molecule has 1 amide bonds. The Morgan fingerprint density at radius 1 is 1.58 bits per heavy atom. The Balaban J connectivity index is 0.00000180. The molecule has 2 rings (SSSR count). The minimum atomic E-state index is -0.428. The van der Waals surface area contributed by atoms with E-state index in [1.165, 1.54) is 0 Å². The van der Waals surface area contributed by atoms with Gasteiger partial charge in [-0.05, 0) is 31.0 Å². The Morgan fingerprint density at radius 3 is 2.89 bits per heavy atom. The van der Waals surface area contributed by atoms with Gasteiger partial charge >= 0.3 is 0 Å². The molecule has 1 heterocycles. The van der Waals surface area contributed by atoms with Gasteiger partial charge in [0, 0.05) is 11.6 Å². The van der Waals surface area contributed by atoms with Crippen LogP contribution >= 0.6 is 24.0 Å². The van der Waals surface area contributed by atoms with Crippen molar-refractivity contribution in [2.45, 2.75) is 31.5 Å². The van der Waals surface area contributed by atoms with Crippen LogP contribution in [0.5, 0.6) is 0 Å². The van der Waals surface area contributed by atoms with Gasteiger partial charge in [0.15, 0.2) is 0 Å².